The fourth-order valence-corrected chi connectivity index (χ4v) is 5.96. The monoisotopic (exact) mass is 460 g/mol. The van der Waals surface area contributed by atoms with Crippen LogP contribution in [0.15, 0.2) is 36.4 Å². The molecule has 0 saturated heterocycles. The molecule has 0 saturated carbocycles. The van der Waals surface area contributed by atoms with Crippen molar-refractivity contribution in [2.45, 2.75) is 86.0 Å². The van der Waals surface area contributed by atoms with Crippen molar-refractivity contribution in [2.75, 3.05) is 0 Å². The highest BCUT2D eigenvalue weighted by Crippen LogP contribution is 2.38. The third-order valence-corrected chi connectivity index (χ3v) is 7.63. The first-order valence-corrected chi connectivity index (χ1v) is 13.1. The Balaban J connectivity index is 1.82. The van der Waals surface area contributed by atoms with Gasteiger partial charge in [-0.2, -0.15) is 0 Å². The summed E-state index contributed by atoms with van der Waals surface area (Å²) in [5.74, 6) is 0.648. The molecule has 0 amide bonds. The van der Waals surface area contributed by atoms with Gasteiger partial charge in [-0.25, -0.2) is 0 Å². The summed E-state index contributed by atoms with van der Waals surface area (Å²) in [6, 6.07) is 12.9. The summed E-state index contributed by atoms with van der Waals surface area (Å²) in [7, 11) is 0. The smallest absolute Gasteiger partial charge is 0.163 e. The molecule has 0 fully saturated rings. The first-order valence-electron chi connectivity index (χ1n) is 13.1. The van der Waals surface area contributed by atoms with E-state index in [-0.39, 0.29) is 41.5 Å². The van der Waals surface area contributed by atoms with Gasteiger partial charge in [0.25, 0.3) is 0 Å². The topological polar surface area (TPSA) is 51.2 Å². The van der Waals surface area contributed by atoms with E-state index in [1.165, 1.54) is 12.5 Å². The van der Waals surface area contributed by atoms with Crippen molar-refractivity contribution in [3.63, 3.8) is 0 Å². The molecule has 3 atom stereocenters. The second-order valence-electron chi connectivity index (χ2n) is 10.2. The van der Waals surface area contributed by atoms with Crippen molar-refractivity contribution in [2.24, 2.45) is 17.8 Å². The number of Topliss-reactive ketones (excluding diaryl/α,β-unsaturated/α-hetero) is 3. The van der Waals surface area contributed by atoms with E-state index in [0.29, 0.717) is 6.42 Å². The normalized spacial score (nSPS) is 17.2. The van der Waals surface area contributed by atoms with Gasteiger partial charge >= 0.3 is 0 Å². The van der Waals surface area contributed by atoms with Gasteiger partial charge in [0.15, 0.2) is 5.78 Å². The lowest BCUT2D eigenvalue weighted by Gasteiger charge is -2.32. The average Bonchev–Trinajstić information content (AvgIpc) is 2.79. The largest absolute Gasteiger partial charge is 0.300 e. The predicted octanol–water partition coefficient (Wildman–Crippen LogP) is 7.35. The summed E-state index contributed by atoms with van der Waals surface area (Å²) in [5.41, 5.74) is 6.74. The van der Waals surface area contributed by atoms with Gasteiger partial charge in [0.1, 0.15) is 11.6 Å². The van der Waals surface area contributed by atoms with Crippen LogP contribution in [0, 0.1) is 24.7 Å². The maximum absolute atomic E-state index is 13.3. The zero-order valence-corrected chi connectivity index (χ0v) is 21.6. The summed E-state index contributed by atoms with van der Waals surface area (Å²) >= 11 is 0. The average molecular weight is 461 g/mol. The molecule has 2 aromatic rings. The summed E-state index contributed by atoms with van der Waals surface area (Å²) in [4.78, 5) is 37.7. The lowest BCUT2D eigenvalue weighted by atomic mass is 9.71. The Kier molecular flexibility index (Phi) is 8.99. The molecule has 182 valence electrons. The van der Waals surface area contributed by atoms with Crippen LogP contribution in [0.4, 0.5) is 0 Å². The molecule has 0 bridgehead atoms. The van der Waals surface area contributed by atoms with Crippen molar-refractivity contribution >= 4 is 17.3 Å². The van der Waals surface area contributed by atoms with Crippen LogP contribution < -0.4 is 0 Å². The van der Waals surface area contributed by atoms with Gasteiger partial charge in [0.2, 0.25) is 0 Å². The van der Waals surface area contributed by atoms with Crippen LogP contribution in [0.3, 0.4) is 0 Å². The Labute approximate surface area is 205 Å². The predicted molar refractivity (Wildman–Crippen MR) is 139 cm³/mol. The van der Waals surface area contributed by atoms with Gasteiger partial charge in [-0.15, -0.1) is 0 Å². The van der Waals surface area contributed by atoms with Gasteiger partial charge in [-0.3, -0.25) is 14.4 Å². The molecule has 0 heterocycles. The lowest BCUT2D eigenvalue weighted by Crippen LogP contribution is -2.29. The number of benzene rings is 2. The number of carbonyl (C=O) groups is 3. The van der Waals surface area contributed by atoms with Gasteiger partial charge in [0.05, 0.1) is 6.42 Å². The van der Waals surface area contributed by atoms with E-state index in [4.69, 9.17) is 0 Å². The van der Waals surface area contributed by atoms with E-state index in [1.807, 2.05) is 6.92 Å². The maximum Gasteiger partial charge on any atom is 0.163 e. The minimum absolute atomic E-state index is 0.0341. The van der Waals surface area contributed by atoms with Crippen LogP contribution in [-0.4, -0.2) is 17.3 Å². The SMILES string of the molecule is CCCC(CC1CC(=O)c2c(ccc(-c3ccc(CC)cc3)c2C)C1)C(CC)C(=O)CC(C)=O. The number of carbonyl (C=O) groups excluding carboxylic acids is 3. The third kappa shape index (κ3) is 5.92. The molecule has 3 rings (SSSR count). The Bertz CT molecular complexity index is 1030. The third-order valence-electron chi connectivity index (χ3n) is 7.63. The minimum Gasteiger partial charge on any atom is -0.300 e. The van der Waals surface area contributed by atoms with Gasteiger partial charge in [0, 0.05) is 17.9 Å². The quantitative estimate of drug-likeness (QED) is 0.329. The van der Waals surface area contributed by atoms with Gasteiger partial charge in [-0.05, 0) is 79.2 Å². The molecule has 0 aliphatic heterocycles. The Morgan fingerprint density at radius 1 is 1.00 bits per heavy atom. The van der Waals surface area contributed by atoms with Crippen molar-refractivity contribution in [3.8, 4) is 11.1 Å². The molecule has 0 N–H and O–H groups in total. The van der Waals surface area contributed by atoms with Gasteiger partial charge in [-0.1, -0.05) is 70.0 Å². The second kappa shape index (κ2) is 11.7. The van der Waals surface area contributed by atoms with Crippen LogP contribution in [0.5, 0.6) is 0 Å². The molecule has 34 heavy (non-hydrogen) atoms. The molecule has 0 spiro atoms. The number of ketones is 3. The van der Waals surface area contributed by atoms with E-state index >= 15 is 0 Å². The Hall–Kier alpha value is -2.55. The molecule has 0 radical (unpaired) electrons. The Morgan fingerprint density at radius 3 is 2.29 bits per heavy atom. The fraction of sp³-hybridized carbons (Fsp3) is 0.516. The maximum atomic E-state index is 13.3. The lowest BCUT2D eigenvalue weighted by molar-refractivity contribution is -0.129. The minimum atomic E-state index is -0.0875. The molecular formula is C31H40O3. The summed E-state index contributed by atoms with van der Waals surface area (Å²) < 4.78 is 0. The molecule has 2 aromatic carbocycles. The van der Waals surface area contributed by atoms with E-state index in [2.05, 4.69) is 57.2 Å². The van der Waals surface area contributed by atoms with E-state index in [9.17, 15) is 14.4 Å². The van der Waals surface area contributed by atoms with Crippen molar-refractivity contribution < 1.29 is 14.4 Å². The van der Waals surface area contributed by atoms with E-state index < -0.39 is 0 Å². The standard InChI is InChI=1S/C31H40O3/c1-6-9-25(27(8-3)29(33)16-20(4)32)17-23-18-26-14-15-28(21(5)31(26)30(34)19-23)24-12-10-22(7-2)11-13-24/h10-15,23,25,27H,6-9,16-19H2,1-5H3. The van der Waals surface area contributed by atoms with Crippen molar-refractivity contribution in [3.05, 3.63) is 58.7 Å². The number of fused-ring (bicyclic) bond motifs is 1. The molecule has 3 unspecified atom stereocenters. The van der Waals surface area contributed by atoms with Gasteiger partial charge < -0.3 is 0 Å². The number of hydrogen-bond acceptors (Lipinski definition) is 3. The summed E-state index contributed by atoms with van der Waals surface area (Å²) in [6.07, 6.45) is 6.08. The molecular weight excluding hydrogens is 420 g/mol. The fourth-order valence-electron chi connectivity index (χ4n) is 5.96. The van der Waals surface area contributed by atoms with Crippen LogP contribution in [0.25, 0.3) is 11.1 Å². The zero-order valence-electron chi connectivity index (χ0n) is 21.6. The first kappa shape index (κ1) is 26.1. The highest BCUT2D eigenvalue weighted by molar-refractivity contribution is 6.02. The molecule has 3 heteroatoms. The summed E-state index contributed by atoms with van der Waals surface area (Å²) in [6.45, 7) is 9.92. The van der Waals surface area contributed by atoms with Crippen LogP contribution >= 0.6 is 0 Å². The molecule has 1 aliphatic carbocycles. The highest BCUT2D eigenvalue weighted by atomic mass is 16.1. The second-order valence-corrected chi connectivity index (χ2v) is 10.2. The molecule has 1 aliphatic rings. The highest BCUT2D eigenvalue weighted by Gasteiger charge is 2.33. The summed E-state index contributed by atoms with van der Waals surface area (Å²) in [5, 5.41) is 0. The number of hydrogen-bond donors (Lipinski definition) is 0. The first-order chi connectivity index (χ1) is 16.3. The number of aryl methyl sites for hydroxylation is 1. The zero-order chi connectivity index (χ0) is 24.8. The van der Waals surface area contributed by atoms with Crippen LogP contribution in [0.1, 0.15) is 93.3 Å². The van der Waals surface area contributed by atoms with Crippen molar-refractivity contribution in [1.29, 1.82) is 0 Å². The van der Waals surface area contributed by atoms with E-state index in [1.54, 1.807) is 0 Å². The van der Waals surface area contributed by atoms with Crippen LogP contribution in [-0.2, 0) is 22.4 Å². The van der Waals surface area contributed by atoms with Crippen molar-refractivity contribution in [1.82, 2.24) is 0 Å². The molecule has 3 nitrogen and oxygen atoms in total. The van der Waals surface area contributed by atoms with Crippen LogP contribution in [0.2, 0.25) is 0 Å². The Morgan fingerprint density at radius 2 is 1.71 bits per heavy atom. The van der Waals surface area contributed by atoms with E-state index in [0.717, 1.165) is 66.3 Å². The number of rotatable bonds is 11. The molecule has 0 aromatic heterocycles.